The number of hydrogen-bond acceptors (Lipinski definition) is 2. The second-order valence-electron chi connectivity index (χ2n) is 3.48. The summed E-state index contributed by atoms with van der Waals surface area (Å²) in [5, 5.41) is 2.75. The van der Waals surface area contributed by atoms with Crippen molar-refractivity contribution in [3.8, 4) is 0 Å². The Morgan fingerprint density at radius 3 is 2.56 bits per heavy atom. The fourth-order valence-corrected chi connectivity index (χ4v) is 1.40. The predicted octanol–water partition coefficient (Wildman–Crippen LogP) is 1.51. The number of carbonyl (C=O) groups is 1. The quantitative estimate of drug-likeness (QED) is 0.795. The highest BCUT2D eigenvalue weighted by Gasteiger charge is 1.99. The molecule has 3 N–H and O–H groups in total. The molecule has 1 amide bonds. The van der Waals surface area contributed by atoms with Crippen LogP contribution in [0.1, 0.15) is 18.4 Å². The van der Waals surface area contributed by atoms with E-state index in [-0.39, 0.29) is 18.3 Å². The minimum atomic E-state index is 0. The molecule has 0 saturated carbocycles. The van der Waals surface area contributed by atoms with E-state index in [9.17, 15) is 4.79 Å². The van der Waals surface area contributed by atoms with Gasteiger partial charge in [0.05, 0.1) is 0 Å². The van der Waals surface area contributed by atoms with Crippen molar-refractivity contribution >= 4 is 18.3 Å². The molecule has 0 saturated heterocycles. The Balaban J connectivity index is 0.00000225. The average molecular weight is 243 g/mol. The van der Waals surface area contributed by atoms with E-state index >= 15 is 0 Å². The molecule has 0 unspecified atom stereocenters. The lowest BCUT2D eigenvalue weighted by atomic mass is 10.1. The molecule has 0 atom stereocenters. The lowest BCUT2D eigenvalue weighted by molar-refractivity contribution is -0.121. The Hall–Kier alpha value is -1.06. The maximum atomic E-state index is 11.2. The van der Waals surface area contributed by atoms with Crippen LogP contribution in [0.2, 0.25) is 0 Å². The van der Waals surface area contributed by atoms with E-state index in [2.05, 4.69) is 17.4 Å². The molecule has 90 valence electrons. The summed E-state index contributed by atoms with van der Waals surface area (Å²) in [6.07, 6.45) is 2.42. The van der Waals surface area contributed by atoms with E-state index < -0.39 is 0 Å². The molecule has 0 fully saturated rings. The van der Waals surface area contributed by atoms with Gasteiger partial charge in [-0.2, -0.15) is 0 Å². The second kappa shape index (κ2) is 9.19. The Kier molecular flexibility index (Phi) is 8.58. The number of nitrogens with one attached hydrogen (secondary N) is 1. The Morgan fingerprint density at radius 1 is 1.25 bits per heavy atom. The molecule has 0 aliphatic rings. The van der Waals surface area contributed by atoms with Crippen molar-refractivity contribution in [1.29, 1.82) is 0 Å². The van der Waals surface area contributed by atoms with E-state index in [1.165, 1.54) is 5.56 Å². The van der Waals surface area contributed by atoms with Crippen molar-refractivity contribution in [2.45, 2.75) is 19.3 Å². The molecule has 0 radical (unpaired) electrons. The third kappa shape index (κ3) is 6.43. The van der Waals surface area contributed by atoms with Crippen LogP contribution in [-0.2, 0) is 11.2 Å². The van der Waals surface area contributed by atoms with E-state index in [0.717, 1.165) is 12.8 Å². The number of amides is 1. The molecule has 16 heavy (non-hydrogen) atoms. The number of hydrogen-bond donors (Lipinski definition) is 2. The molecule has 4 heteroatoms. The first-order valence-corrected chi connectivity index (χ1v) is 5.33. The molecule has 1 rings (SSSR count). The van der Waals surface area contributed by atoms with Crippen molar-refractivity contribution in [2.75, 3.05) is 13.1 Å². The topological polar surface area (TPSA) is 55.1 Å². The van der Waals surface area contributed by atoms with Gasteiger partial charge in [0.25, 0.3) is 0 Å². The van der Waals surface area contributed by atoms with Gasteiger partial charge < -0.3 is 11.1 Å². The summed E-state index contributed by atoms with van der Waals surface area (Å²) < 4.78 is 0. The molecule has 0 aliphatic heterocycles. The fourth-order valence-electron chi connectivity index (χ4n) is 1.40. The predicted molar refractivity (Wildman–Crippen MR) is 68.7 cm³/mol. The van der Waals surface area contributed by atoms with Crippen LogP contribution in [0.5, 0.6) is 0 Å². The summed E-state index contributed by atoms with van der Waals surface area (Å²) in [6, 6.07) is 10.2. The van der Waals surface area contributed by atoms with E-state index in [1.54, 1.807) is 0 Å². The second-order valence-corrected chi connectivity index (χ2v) is 3.48. The number of carbonyl (C=O) groups excluding carboxylic acids is 1. The van der Waals surface area contributed by atoms with Crippen molar-refractivity contribution < 1.29 is 4.79 Å². The maximum Gasteiger partial charge on any atom is 0.220 e. The molecule has 0 spiro atoms. The molecule has 1 aromatic rings. The van der Waals surface area contributed by atoms with Gasteiger partial charge in [0.15, 0.2) is 0 Å². The van der Waals surface area contributed by atoms with Crippen LogP contribution in [0.15, 0.2) is 30.3 Å². The average Bonchev–Trinajstić information content (AvgIpc) is 2.28. The third-order valence-corrected chi connectivity index (χ3v) is 2.18. The van der Waals surface area contributed by atoms with Crippen molar-refractivity contribution in [1.82, 2.24) is 5.32 Å². The normalized spacial score (nSPS) is 9.31. The minimum absolute atomic E-state index is 0. The Bertz CT molecular complexity index is 290. The number of benzene rings is 1. The fraction of sp³-hybridized carbons (Fsp3) is 0.417. The molecule has 0 bridgehead atoms. The van der Waals surface area contributed by atoms with Crippen LogP contribution in [0.25, 0.3) is 0 Å². The van der Waals surface area contributed by atoms with Gasteiger partial charge in [0.2, 0.25) is 5.91 Å². The van der Waals surface area contributed by atoms with Crippen LogP contribution >= 0.6 is 12.4 Å². The number of halogens is 1. The van der Waals surface area contributed by atoms with Crippen LogP contribution in [-0.4, -0.2) is 19.0 Å². The first-order chi connectivity index (χ1) is 7.33. The molecular formula is C12H19ClN2O. The zero-order chi connectivity index (χ0) is 10.9. The van der Waals surface area contributed by atoms with Gasteiger partial charge in [-0.1, -0.05) is 30.3 Å². The maximum absolute atomic E-state index is 11.2. The van der Waals surface area contributed by atoms with Crippen molar-refractivity contribution in [2.24, 2.45) is 5.73 Å². The third-order valence-electron chi connectivity index (χ3n) is 2.18. The number of rotatable bonds is 6. The summed E-state index contributed by atoms with van der Waals surface area (Å²) in [5.41, 5.74) is 6.56. The highest BCUT2D eigenvalue weighted by molar-refractivity contribution is 5.85. The van der Waals surface area contributed by atoms with E-state index in [0.29, 0.717) is 19.5 Å². The first-order valence-electron chi connectivity index (χ1n) is 5.33. The Labute approximate surface area is 103 Å². The summed E-state index contributed by atoms with van der Waals surface area (Å²) in [7, 11) is 0. The lowest BCUT2D eigenvalue weighted by Crippen LogP contribution is -2.28. The highest BCUT2D eigenvalue weighted by Crippen LogP contribution is 2.03. The summed E-state index contributed by atoms with van der Waals surface area (Å²) in [6.45, 7) is 1.08. The van der Waals surface area contributed by atoms with Crippen LogP contribution in [0, 0.1) is 0 Å². The number of nitrogens with two attached hydrogens (primary N) is 1. The molecule has 0 aromatic heterocycles. The van der Waals surface area contributed by atoms with Crippen molar-refractivity contribution in [3.05, 3.63) is 35.9 Å². The first kappa shape index (κ1) is 14.9. The summed E-state index contributed by atoms with van der Waals surface area (Å²) in [5.74, 6) is 0.0939. The zero-order valence-electron chi connectivity index (χ0n) is 9.32. The van der Waals surface area contributed by atoms with Gasteiger partial charge in [-0.3, -0.25) is 4.79 Å². The van der Waals surface area contributed by atoms with Gasteiger partial charge in [0, 0.05) is 19.5 Å². The minimum Gasteiger partial charge on any atom is -0.355 e. The van der Waals surface area contributed by atoms with Crippen LogP contribution in [0.4, 0.5) is 0 Å². The SMILES string of the molecule is Cl.NCCNC(=O)CCCc1ccccc1. The standard InChI is InChI=1S/C12H18N2O.ClH/c13-9-10-14-12(15)8-4-7-11-5-2-1-3-6-11;/h1-3,5-6H,4,7-10,13H2,(H,14,15);1H. The van der Waals surface area contributed by atoms with Crippen LogP contribution < -0.4 is 11.1 Å². The highest BCUT2D eigenvalue weighted by atomic mass is 35.5. The van der Waals surface area contributed by atoms with E-state index in [1.807, 2.05) is 18.2 Å². The smallest absolute Gasteiger partial charge is 0.220 e. The van der Waals surface area contributed by atoms with Gasteiger partial charge in [-0.15, -0.1) is 12.4 Å². The van der Waals surface area contributed by atoms with Gasteiger partial charge >= 0.3 is 0 Å². The number of aryl methyl sites for hydroxylation is 1. The van der Waals surface area contributed by atoms with Gasteiger partial charge in [-0.05, 0) is 18.4 Å². The monoisotopic (exact) mass is 242 g/mol. The Morgan fingerprint density at radius 2 is 1.94 bits per heavy atom. The summed E-state index contributed by atoms with van der Waals surface area (Å²) in [4.78, 5) is 11.2. The van der Waals surface area contributed by atoms with Crippen LogP contribution in [0.3, 0.4) is 0 Å². The summed E-state index contributed by atoms with van der Waals surface area (Å²) >= 11 is 0. The zero-order valence-corrected chi connectivity index (χ0v) is 10.1. The molecule has 0 heterocycles. The molecule has 3 nitrogen and oxygen atoms in total. The largest absolute Gasteiger partial charge is 0.355 e. The van der Waals surface area contributed by atoms with Gasteiger partial charge in [-0.25, -0.2) is 0 Å². The lowest BCUT2D eigenvalue weighted by Gasteiger charge is -2.03. The van der Waals surface area contributed by atoms with Gasteiger partial charge in [0.1, 0.15) is 0 Å². The van der Waals surface area contributed by atoms with E-state index in [4.69, 9.17) is 5.73 Å². The molecule has 1 aromatic carbocycles. The molecule has 0 aliphatic carbocycles. The van der Waals surface area contributed by atoms with Crippen molar-refractivity contribution in [3.63, 3.8) is 0 Å². The molecular weight excluding hydrogens is 224 g/mol.